The zero-order valence-electron chi connectivity index (χ0n) is 16.2. The minimum Gasteiger partial charge on any atom is -0.485 e. The largest absolute Gasteiger partial charge is 0.485 e. The van der Waals surface area contributed by atoms with Crippen molar-refractivity contribution in [3.8, 4) is 5.75 Å². The van der Waals surface area contributed by atoms with Gasteiger partial charge in [-0.25, -0.2) is 0 Å². The Bertz CT molecular complexity index is 770. The van der Waals surface area contributed by atoms with E-state index in [1.54, 1.807) is 11.3 Å². The second kappa shape index (κ2) is 6.11. The Labute approximate surface area is 160 Å². The molecule has 0 unspecified atom stereocenters. The molecule has 1 aromatic heterocycles. The normalized spacial score (nSPS) is 29.3. The zero-order chi connectivity index (χ0) is 18.6. The smallest absolute Gasteiger partial charge is 0.458 e. The van der Waals surface area contributed by atoms with E-state index < -0.39 is 0 Å². The first-order chi connectivity index (χ1) is 12.2. The van der Waals surface area contributed by atoms with Crippen LogP contribution < -0.4 is 4.74 Å². The maximum absolute atomic E-state index is 6.34. The van der Waals surface area contributed by atoms with Crippen molar-refractivity contribution in [1.29, 1.82) is 0 Å². The standard InChI is InChI=1S/C21H27BO3S/c1-19(2)20(3,4)25-22(24-19)14-21(5)12-18(15-10-11-26-13-15)23-17-9-7-6-8-16(17)21/h6-11,13,18H,12,14H2,1-5H3/t18-,21-/m1/s1. The summed E-state index contributed by atoms with van der Waals surface area (Å²) in [5.41, 5.74) is 1.84. The number of para-hydroxylation sites is 1. The lowest BCUT2D eigenvalue weighted by Gasteiger charge is -2.40. The molecule has 4 rings (SSSR count). The molecule has 0 bridgehead atoms. The molecule has 0 spiro atoms. The maximum Gasteiger partial charge on any atom is 0.458 e. The Kier molecular flexibility index (Phi) is 4.25. The van der Waals surface area contributed by atoms with Gasteiger partial charge >= 0.3 is 7.12 Å². The molecule has 2 atom stereocenters. The van der Waals surface area contributed by atoms with Crippen LogP contribution in [0.4, 0.5) is 0 Å². The van der Waals surface area contributed by atoms with Crippen molar-refractivity contribution in [2.24, 2.45) is 0 Å². The quantitative estimate of drug-likeness (QED) is 0.656. The van der Waals surface area contributed by atoms with Crippen LogP contribution in [0.1, 0.15) is 58.3 Å². The molecule has 2 aliphatic rings. The first kappa shape index (κ1) is 18.1. The highest BCUT2D eigenvalue weighted by molar-refractivity contribution is 7.07. The van der Waals surface area contributed by atoms with Crippen molar-refractivity contribution in [2.45, 2.75) is 70.1 Å². The highest BCUT2D eigenvalue weighted by Gasteiger charge is 2.54. The van der Waals surface area contributed by atoms with Crippen LogP contribution in [0.3, 0.4) is 0 Å². The van der Waals surface area contributed by atoms with Crippen LogP contribution in [-0.2, 0) is 14.7 Å². The van der Waals surface area contributed by atoms with Crippen molar-refractivity contribution >= 4 is 18.5 Å². The fraction of sp³-hybridized carbons (Fsp3) is 0.524. The molecule has 0 saturated carbocycles. The molecule has 2 aliphatic heterocycles. The van der Waals surface area contributed by atoms with Crippen molar-refractivity contribution in [3.63, 3.8) is 0 Å². The summed E-state index contributed by atoms with van der Waals surface area (Å²) < 4.78 is 19.0. The Morgan fingerprint density at radius 3 is 2.38 bits per heavy atom. The molecule has 0 aliphatic carbocycles. The van der Waals surface area contributed by atoms with Gasteiger partial charge in [0.2, 0.25) is 0 Å². The van der Waals surface area contributed by atoms with E-state index in [2.05, 4.69) is 69.6 Å². The Hall–Kier alpha value is -1.30. The van der Waals surface area contributed by atoms with Crippen LogP contribution in [0, 0.1) is 0 Å². The van der Waals surface area contributed by atoms with Crippen molar-refractivity contribution < 1.29 is 14.0 Å². The first-order valence-electron chi connectivity index (χ1n) is 9.34. The van der Waals surface area contributed by atoms with Gasteiger partial charge in [-0.1, -0.05) is 25.1 Å². The van der Waals surface area contributed by atoms with Gasteiger partial charge < -0.3 is 14.0 Å². The highest BCUT2D eigenvalue weighted by atomic mass is 32.1. The lowest BCUT2D eigenvalue weighted by Crippen LogP contribution is -2.41. The minimum atomic E-state index is -0.300. The van der Waals surface area contributed by atoms with Gasteiger partial charge in [0.1, 0.15) is 11.9 Å². The second-order valence-electron chi connectivity index (χ2n) is 8.81. The van der Waals surface area contributed by atoms with Crippen LogP contribution in [0.2, 0.25) is 6.32 Å². The second-order valence-corrected chi connectivity index (χ2v) is 9.59. The Morgan fingerprint density at radius 2 is 1.73 bits per heavy atom. The molecule has 3 nitrogen and oxygen atoms in total. The molecular formula is C21H27BO3S. The molecule has 2 aromatic rings. The molecule has 3 heterocycles. The number of hydrogen-bond donors (Lipinski definition) is 0. The van der Waals surface area contributed by atoms with E-state index in [1.165, 1.54) is 11.1 Å². The van der Waals surface area contributed by atoms with E-state index in [9.17, 15) is 0 Å². The van der Waals surface area contributed by atoms with Gasteiger partial charge in [0, 0.05) is 5.56 Å². The lowest BCUT2D eigenvalue weighted by molar-refractivity contribution is 0.00578. The van der Waals surface area contributed by atoms with E-state index in [-0.39, 0.29) is 29.8 Å². The van der Waals surface area contributed by atoms with Crippen molar-refractivity contribution in [3.05, 3.63) is 52.2 Å². The summed E-state index contributed by atoms with van der Waals surface area (Å²) in [6, 6.07) is 10.6. The first-order valence-corrected chi connectivity index (χ1v) is 10.3. The summed E-state index contributed by atoms with van der Waals surface area (Å²) in [6.45, 7) is 10.8. The molecule has 0 radical (unpaired) electrons. The minimum absolute atomic E-state index is 0.0669. The summed E-state index contributed by atoms with van der Waals surface area (Å²) in [5, 5.41) is 4.30. The molecule has 138 valence electrons. The van der Waals surface area contributed by atoms with Crippen molar-refractivity contribution in [1.82, 2.24) is 0 Å². The van der Waals surface area contributed by atoms with Crippen molar-refractivity contribution in [2.75, 3.05) is 0 Å². The van der Waals surface area contributed by atoms with E-state index in [0.29, 0.717) is 0 Å². The molecule has 26 heavy (non-hydrogen) atoms. The van der Waals surface area contributed by atoms with Gasteiger partial charge in [0.25, 0.3) is 0 Å². The molecule has 0 amide bonds. The third-order valence-corrected chi connectivity index (χ3v) is 6.98. The van der Waals surface area contributed by atoms with Crippen LogP contribution in [0.5, 0.6) is 5.75 Å². The predicted octanol–water partition coefficient (Wildman–Crippen LogP) is 5.62. The molecule has 5 heteroatoms. The van der Waals surface area contributed by atoms with Gasteiger partial charge in [-0.3, -0.25) is 0 Å². The lowest BCUT2D eigenvalue weighted by atomic mass is 9.62. The summed E-state index contributed by atoms with van der Waals surface area (Å²) in [7, 11) is -0.209. The Balaban J connectivity index is 1.65. The van der Waals surface area contributed by atoms with Gasteiger partial charge in [-0.15, -0.1) is 0 Å². The van der Waals surface area contributed by atoms with Gasteiger partial charge in [-0.05, 0) is 74.3 Å². The highest BCUT2D eigenvalue weighted by Crippen LogP contribution is 2.50. The summed E-state index contributed by atoms with van der Waals surface area (Å²) in [4.78, 5) is 0. The number of rotatable bonds is 3. The molecule has 0 N–H and O–H groups in total. The monoisotopic (exact) mass is 370 g/mol. The summed E-state index contributed by atoms with van der Waals surface area (Å²) >= 11 is 1.72. The number of ether oxygens (including phenoxy) is 1. The summed E-state index contributed by atoms with van der Waals surface area (Å²) in [5.74, 6) is 0.981. The Morgan fingerprint density at radius 1 is 1.04 bits per heavy atom. The van der Waals surface area contributed by atoms with Crippen LogP contribution in [0.25, 0.3) is 0 Å². The number of thiophene rings is 1. The molecule has 1 aromatic carbocycles. The van der Waals surface area contributed by atoms with Crippen LogP contribution in [-0.4, -0.2) is 18.3 Å². The molecule has 1 fully saturated rings. The SMILES string of the molecule is CC1(C)OB(C[C@@]2(C)C[C@H](c3ccsc3)Oc3ccccc32)OC1(C)C. The zero-order valence-corrected chi connectivity index (χ0v) is 17.1. The fourth-order valence-corrected chi connectivity index (χ4v) is 4.74. The third kappa shape index (κ3) is 3.00. The van der Waals surface area contributed by atoms with Crippen LogP contribution >= 0.6 is 11.3 Å². The average molecular weight is 370 g/mol. The number of fused-ring (bicyclic) bond motifs is 1. The number of hydrogen-bond acceptors (Lipinski definition) is 4. The summed E-state index contributed by atoms with van der Waals surface area (Å²) in [6.07, 6.45) is 1.81. The van der Waals surface area contributed by atoms with Gasteiger partial charge in [0.15, 0.2) is 0 Å². The fourth-order valence-electron chi connectivity index (χ4n) is 4.04. The van der Waals surface area contributed by atoms with E-state index in [0.717, 1.165) is 18.5 Å². The average Bonchev–Trinajstić information content (AvgIpc) is 3.13. The van der Waals surface area contributed by atoms with E-state index in [4.69, 9.17) is 14.0 Å². The van der Waals surface area contributed by atoms with Gasteiger partial charge in [0.05, 0.1) is 11.2 Å². The molecular weight excluding hydrogens is 343 g/mol. The molecule has 1 saturated heterocycles. The maximum atomic E-state index is 6.34. The van der Waals surface area contributed by atoms with Gasteiger partial charge in [-0.2, -0.15) is 11.3 Å². The van der Waals surface area contributed by atoms with E-state index in [1.807, 2.05) is 6.07 Å². The van der Waals surface area contributed by atoms with E-state index >= 15 is 0 Å². The van der Waals surface area contributed by atoms with Crippen LogP contribution in [0.15, 0.2) is 41.1 Å². The predicted molar refractivity (Wildman–Crippen MR) is 107 cm³/mol. The number of benzene rings is 1. The topological polar surface area (TPSA) is 27.7 Å². The third-order valence-electron chi connectivity index (χ3n) is 6.28.